The number of aliphatic imine (C=N–C) groups is 1. The van der Waals surface area contributed by atoms with Crippen LogP contribution in [0.4, 0.5) is 0 Å². The number of hydrogen-bond donors (Lipinski definition) is 1. The van der Waals surface area contributed by atoms with E-state index in [2.05, 4.69) is 32.1 Å². The van der Waals surface area contributed by atoms with Gasteiger partial charge < -0.3 is 19.9 Å². The van der Waals surface area contributed by atoms with Gasteiger partial charge in [-0.05, 0) is 26.3 Å². The zero-order chi connectivity index (χ0) is 16.8. The summed E-state index contributed by atoms with van der Waals surface area (Å²) >= 11 is 0. The number of guanidine groups is 1. The molecule has 2 aliphatic heterocycles. The fraction of sp³-hybridized carbons (Fsp3) is 0.944. The maximum Gasteiger partial charge on any atom is 0.193 e. The van der Waals surface area contributed by atoms with Crippen LogP contribution < -0.4 is 5.32 Å². The van der Waals surface area contributed by atoms with E-state index in [-0.39, 0.29) is 0 Å². The third-order valence-electron chi connectivity index (χ3n) is 5.93. The second-order valence-corrected chi connectivity index (χ2v) is 7.43. The third kappa shape index (κ3) is 4.61. The number of nitrogens with one attached hydrogen (secondary N) is 1. The Hall–Kier alpha value is -0.850. The SMILES string of the molecule is CN=C(NCCN(C)C1CCCC1)N1CCC(N2CCOCC2)C1. The van der Waals surface area contributed by atoms with Gasteiger partial charge in [0.15, 0.2) is 5.96 Å². The third-order valence-corrected chi connectivity index (χ3v) is 5.93. The Morgan fingerprint density at radius 2 is 1.92 bits per heavy atom. The molecule has 6 nitrogen and oxygen atoms in total. The minimum absolute atomic E-state index is 0.661. The van der Waals surface area contributed by atoms with Crippen LogP contribution in [0.3, 0.4) is 0 Å². The van der Waals surface area contributed by atoms with E-state index in [1.165, 1.54) is 32.1 Å². The fourth-order valence-electron chi connectivity index (χ4n) is 4.38. The molecule has 3 fully saturated rings. The summed E-state index contributed by atoms with van der Waals surface area (Å²) in [4.78, 5) is 12.0. The minimum Gasteiger partial charge on any atom is -0.379 e. The van der Waals surface area contributed by atoms with E-state index in [1.54, 1.807) is 0 Å². The molecule has 0 spiro atoms. The first-order valence-electron chi connectivity index (χ1n) is 9.75. The van der Waals surface area contributed by atoms with Crippen LogP contribution in [0.15, 0.2) is 4.99 Å². The van der Waals surface area contributed by atoms with Crippen molar-refractivity contribution in [1.82, 2.24) is 20.0 Å². The molecule has 0 aromatic rings. The Morgan fingerprint density at radius 1 is 1.17 bits per heavy atom. The van der Waals surface area contributed by atoms with E-state index in [4.69, 9.17) is 4.74 Å². The van der Waals surface area contributed by atoms with Crippen molar-refractivity contribution in [3.63, 3.8) is 0 Å². The lowest BCUT2D eigenvalue weighted by Crippen LogP contribution is -2.47. The van der Waals surface area contributed by atoms with Crippen molar-refractivity contribution in [2.75, 3.05) is 66.6 Å². The first kappa shape index (κ1) is 18.0. The van der Waals surface area contributed by atoms with Gasteiger partial charge in [0.1, 0.15) is 0 Å². The average molecular weight is 338 g/mol. The van der Waals surface area contributed by atoms with Crippen molar-refractivity contribution in [2.45, 2.75) is 44.2 Å². The van der Waals surface area contributed by atoms with Gasteiger partial charge in [0, 0.05) is 58.4 Å². The zero-order valence-corrected chi connectivity index (χ0v) is 15.5. The highest BCUT2D eigenvalue weighted by Crippen LogP contribution is 2.22. The second-order valence-electron chi connectivity index (χ2n) is 7.43. The number of likely N-dealkylation sites (N-methyl/N-ethyl adjacent to an activating group) is 1. The van der Waals surface area contributed by atoms with Crippen LogP contribution in [-0.2, 0) is 4.74 Å². The summed E-state index contributed by atoms with van der Waals surface area (Å²) < 4.78 is 5.48. The summed E-state index contributed by atoms with van der Waals surface area (Å²) in [6, 6.07) is 1.46. The van der Waals surface area contributed by atoms with Gasteiger partial charge in [0.05, 0.1) is 13.2 Å². The van der Waals surface area contributed by atoms with Crippen molar-refractivity contribution >= 4 is 5.96 Å². The normalized spacial score (nSPS) is 27.4. The Kier molecular flexibility index (Phi) is 6.75. The summed E-state index contributed by atoms with van der Waals surface area (Å²) in [5.41, 5.74) is 0. The maximum atomic E-state index is 5.48. The highest BCUT2D eigenvalue weighted by molar-refractivity contribution is 5.80. The number of morpholine rings is 1. The topological polar surface area (TPSA) is 43.3 Å². The second kappa shape index (κ2) is 9.02. The molecule has 138 valence electrons. The van der Waals surface area contributed by atoms with E-state index in [9.17, 15) is 0 Å². The van der Waals surface area contributed by atoms with Gasteiger partial charge in [-0.25, -0.2) is 0 Å². The Labute approximate surface area is 147 Å². The molecule has 0 aromatic carbocycles. The van der Waals surface area contributed by atoms with E-state index in [0.717, 1.165) is 64.5 Å². The number of rotatable bonds is 5. The lowest BCUT2D eigenvalue weighted by atomic mass is 10.2. The molecule has 0 bridgehead atoms. The van der Waals surface area contributed by atoms with Crippen molar-refractivity contribution in [1.29, 1.82) is 0 Å². The van der Waals surface area contributed by atoms with Crippen molar-refractivity contribution in [3.05, 3.63) is 0 Å². The number of hydrogen-bond acceptors (Lipinski definition) is 4. The molecular formula is C18H35N5O. The quantitative estimate of drug-likeness (QED) is 0.595. The molecule has 0 radical (unpaired) electrons. The van der Waals surface area contributed by atoms with Crippen molar-refractivity contribution in [2.24, 2.45) is 4.99 Å². The van der Waals surface area contributed by atoms with Crippen LogP contribution in [0, 0.1) is 0 Å². The molecule has 0 amide bonds. The van der Waals surface area contributed by atoms with Crippen LogP contribution in [-0.4, -0.2) is 99.3 Å². The Morgan fingerprint density at radius 3 is 2.62 bits per heavy atom. The van der Waals surface area contributed by atoms with Gasteiger partial charge in [-0.3, -0.25) is 9.89 Å². The summed E-state index contributed by atoms with van der Waals surface area (Å²) in [5.74, 6) is 1.07. The summed E-state index contributed by atoms with van der Waals surface area (Å²) in [5, 5.41) is 3.58. The molecule has 2 saturated heterocycles. The molecule has 3 rings (SSSR count). The Balaban J connectivity index is 1.39. The molecule has 1 aliphatic carbocycles. The van der Waals surface area contributed by atoms with Crippen LogP contribution in [0.1, 0.15) is 32.1 Å². The lowest BCUT2D eigenvalue weighted by Gasteiger charge is -2.32. The zero-order valence-electron chi connectivity index (χ0n) is 15.5. The van der Waals surface area contributed by atoms with Crippen LogP contribution in [0.5, 0.6) is 0 Å². The van der Waals surface area contributed by atoms with Gasteiger partial charge in [0.2, 0.25) is 0 Å². The molecule has 2 heterocycles. The molecule has 6 heteroatoms. The first-order valence-corrected chi connectivity index (χ1v) is 9.75. The first-order chi connectivity index (χ1) is 11.8. The molecule has 3 aliphatic rings. The highest BCUT2D eigenvalue weighted by atomic mass is 16.5. The largest absolute Gasteiger partial charge is 0.379 e. The van der Waals surface area contributed by atoms with Gasteiger partial charge in [0.25, 0.3) is 0 Å². The average Bonchev–Trinajstić information content (AvgIpc) is 3.31. The van der Waals surface area contributed by atoms with Crippen LogP contribution in [0.2, 0.25) is 0 Å². The van der Waals surface area contributed by atoms with E-state index in [0.29, 0.717) is 6.04 Å². The van der Waals surface area contributed by atoms with Crippen molar-refractivity contribution < 1.29 is 4.74 Å². The molecule has 1 unspecified atom stereocenters. The summed E-state index contributed by atoms with van der Waals surface area (Å²) in [7, 11) is 4.18. The molecule has 1 N–H and O–H groups in total. The van der Waals surface area contributed by atoms with Gasteiger partial charge in [-0.15, -0.1) is 0 Å². The van der Waals surface area contributed by atoms with E-state index in [1.807, 2.05) is 7.05 Å². The van der Waals surface area contributed by atoms with Gasteiger partial charge >= 0.3 is 0 Å². The van der Waals surface area contributed by atoms with Crippen molar-refractivity contribution in [3.8, 4) is 0 Å². The smallest absolute Gasteiger partial charge is 0.193 e. The van der Waals surface area contributed by atoms with Crippen LogP contribution >= 0.6 is 0 Å². The summed E-state index contributed by atoms with van der Waals surface area (Å²) in [6.45, 7) is 8.22. The van der Waals surface area contributed by atoms with Gasteiger partial charge in [-0.2, -0.15) is 0 Å². The minimum atomic E-state index is 0.661. The molecule has 24 heavy (non-hydrogen) atoms. The predicted molar refractivity (Wildman–Crippen MR) is 98.6 cm³/mol. The number of likely N-dealkylation sites (tertiary alicyclic amines) is 1. The fourth-order valence-corrected chi connectivity index (χ4v) is 4.38. The predicted octanol–water partition coefficient (Wildman–Crippen LogP) is 0.843. The van der Waals surface area contributed by atoms with E-state index < -0.39 is 0 Å². The van der Waals surface area contributed by atoms with Gasteiger partial charge in [-0.1, -0.05) is 12.8 Å². The highest BCUT2D eigenvalue weighted by Gasteiger charge is 2.30. The number of nitrogens with zero attached hydrogens (tertiary/aromatic N) is 4. The standard InChI is InChI=1S/C18H35N5O/c1-19-18(20-8-10-21(2)16-5-3-4-6-16)23-9-7-17(15-23)22-11-13-24-14-12-22/h16-17H,3-15H2,1-2H3,(H,19,20). The number of ether oxygens (including phenoxy) is 1. The molecule has 1 saturated carbocycles. The molecule has 1 atom stereocenters. The monoisotopic (exact) mass is 337 g/mol. The van der Waals surface area contributed by atoms with E-state index >= 15 is 0 Å². The van der Waals surface area contributed by atoms with Crippen LogP contribution in [0.25, 0.3) is 0 Å². The Bertz CT molecular complexity index is 404. The molecular weight excluding hydrogens is 302 g/mol. The summed E-state index contributed by atoms with van der Waals surface area (Å²) in [6.07, 6.45) is 6.79. The maximum absolute atomic E-state index is 5.48. The lowest BCUT2D eigenvalue weighted by molar-refractivity contribution is 0.0195. The molecule has 0 aromatic heterocycles.